The van der Waals surface area contributed by atoms with E-state index in [1.807, 2.05) is 36.6 Å². The van der Waals surface area contributed by atoms with Crippen molar-refractivity contribution in [1.29, 1.82) is 0 Å². The van der Waals surface area contributed by atoms with Gasteiger partial charge in [0.15, 0.2) is 0 Å². The topological polar surface area (TPSA) is 67.2 Å². The molecule has 1 aliphatic rings. The molecule has 1 saturated heterocycles. The summed E-state index contributed by atoms with van der Waals surface area (Å²) in [6.45, 7) is 4.03. The standard InChI is InChI=1S/C25H23ClN4O2S/c1-16-12-19(29-10-2-3-11-29)8-9-21(16)28-22(31)13-30-15-27-24-23(25(30)32)20(14-33-24)17-4-6-18(26)7-5-17/h4-9,12,14-15H,2-3,10-11,13H2,1H3,(H,28,31). The zero-order valence-electron chi connectivity index (χ0n) is 18.2. The van der Waals surface area contributed by atoms with E-state index < -0.39 is 0 Å². The normalized spacial score (nSPS) is 13.6. The van der Waals surface area contributed by atoms with Crippen LogP contribution in [0.4, 0.5) is 11.4 Å². The SMILES string of the molecule is Cc1cc(N2CCCC2)ccc1NC(=O)Cn1cnc2scc(-c3ccc(Cl)cc3)c2c1=O. The average molecular weight is 479 g/mol. The highest BCUT2D eigenvalue weighted by molar-refractivity contribution is 7.17. The number of nitrogens with one attached hydrogen (secondary N) is 1. The number of fused-ring (bicyclic) bond motifs is 1. The summed E-state index contributed by atoms with van der Waals surface area (Å²) in [6, 6.07) is 13.4. The molecule has 0 aliphatic carbocycles. The number of amides is 1. The van der Waals surface area contributed by atoms with Crippen molar-refractivity contribution in [2.75, 3.05) is 23.3 Å². The fraction of sp³-hybridized carbons (Fsp3) is 0.240. The Bertz CT molecular complexity index is 1390. The van der Waals surface area contributed by atoms with Gasteiger partial charge in [0, 0.05) is 40.4 Å². The second-order valence-electron chi connectivity index (χ2n) is 8.26. The monoisotopic (exact) mass is 478 g/mol. The van der Waals surface area contributed by atoms with Crippen LogP contribution in [0.3, 0.4) is 0 Å². The fourth-order valence-electron chi connectivity index (χ4n) is 4.23. The van der Waals surface area contributed by atoms with E-state index >= 15 is 0 Å². The highest BCUT2D eigenvalue weighted by atomic mass is 35.5. The number of hydrogen-bond donors (Lipinski definition) is 1. The molecule has 6 nitrogen and oxygen atoms in total. The summed E-state index contributed by atoms with van der Waals surface area (Å²) in [4.78, 5) is 33.4. The van der Waals surface area contributed by atoms with E-state index in [1.165, 1.54) is 40.8 Å². The maximum atomic E-state index is 13.2. The molecule has 0 atom stereocenters. The van der Waals surface area contributed by atoms with Gasteiger partial charge in [-0.2, -0.15) is 0 Å². The average Bonchev–Trinajstić information content (AvgIpc) is 3.48. The van der Waals surface area contributed by atoms with Crippen LogP contribution in [0.5, 0.6) is 0 Å². The maximum Gasteiger partial charge on any atom is 0.263 e. The van der Waals surface area contributed by atoms with Crippen molar-refractivity contribution >= 4 is 50.4 Å². The molecule has 1 amide bonds. The van der Waals surface area contributed by atoms with Gasteiger partial charge in [-0.15, -0.1) is 11.3 Å². The van der Waals surface area contributed by atoms with Crippen LogP contribution in [-0.4, -0.2) is 28.5 Å². The molecule has 0 saturated carbocycles. The Balaban J connectivity index is 1.37. The molecule has 33 heavy (non-hydrogen) atoms. The highest BCUT2D eigenvalue weighted by Gasteiger charge is 2.16. The molecule has 168 valence electrons. The van der Waals surface area contributed by atoms with Crippen molar-refractivity contribution < 1.29 is 4.79 Å². The predicted molar refractivity (Wildman–Crippen MR) is 136 cm³/mol. The number of anilines is 2. The Hall–Kier alpha value is -3.16. The van der Waals surface area contributed by atoms with Crippen molar-refractivity contribution in [2.24, 2.45) is 0 Å². The van der Waals surface area contributed by atoms with Gasteiger partial charge >= 0.3 is 0 Å². The number of benzene rings is 2. The van der Waals surface area contributed by atoms with Gasteiger partial charge < -0.3 is 10.2 Å². The molecule has 8 heteroatoms. The van der Waals surface area contributed by atoms with Gasteiger partial charge in [0.05, 0.1) is 11.7 Å². The Morgan fingerprint density at radius 1 is 1.15 bits per heavy atom. The second-order valence-corrected chi connectivity index (χ2v) is 9.55. The first-order valence-electron chi connectivity index (χ1n) is 10.9. The first-order valence-corrected chi connectivity index (χ1v) is 12.1. The van der Waals surface area contributed by atoms with Crippen molar-refractivity contribution in [3.63, 3.8) is 0 Å². The minimum Gasteiger partial charge on any atom is -0.372 e. The van der Waals surface area contributed by atoms with E-state index in [-0.39, 0.29) is 18.0 Å². The molecule has 4 aromatic rings. The smallest absolute Gasteiger partial charge is 0.263 e. The summed E-state index contributed by atoms with van der Waals surface area (Å²) in [5.74, 6) is -0.265. The molecule has 0 spiro atoms. The molecule has 0 bridgehead atoms. The quantitative estimate of drug-likeness (QED) is 0.421. The van der Waals surface area contributed by atoms with E-state index in [9.17, 15) is 9.59 Å². The van der Waals surface area contributed by atoms with Crippen molar-refractivity contribution in [2.45, 2.75) is 26.3 Å². The van der Waals surface area contributed by atoms with Gasteiger partial charge in [-0.25, -0.2) is 4.98 Å². The van der Waals surface area contributed by atoms with Gasteiger partial charge in [-0.05, 0) is 61.2 Å². The van der Waals surface area contributed by atoms with E-state index in [0.717, 1.165) is 35.5 Å². The number of nitrogens with zero attached hydrogens (tertiary/aromatic N) is 3. The van der Waals surface area contributed by atoms with Crippen molar-refractivity contribution in [3.8, 4) is 11.1 Å². The largest absolute Gasteiger partial charge is 0.372 e. The molecular weight excluding hydrogens is 456 g/mol. The molecule has 3 heterocycles. The van der Waals surface area contributed by atoms with Gasteiger partial charge in [-0.3, -0.25) is 14.2 Å². The lowest BCUT2D eigenvalue weighted by atomic mass is 10.1. The summed E-state index contributed by atoms with van der Waals surface area (Å²) in [5.41, 5.74) is 4.38. The first kappa shape index (κ1) is 21.7. The van der Waals surface area contributed by atoms with Gasteiger partial charge in [0.1, 0.15) is 11.4 Å². The predicted octanol–water partition coefficient (Wildman–Crippen LogP) is 5.33. The zero-order chi connectivity index (χ0) is 22.9. The molecule has 0 unspecified atom stereocenters. The second kappa shape index (κ2) is 9.00. The molecule has 1 N–H and O–H groups in total. The van der Waals surface area contributed by atoms with Crippen LogP contribution in [-0.2, 0) is 11.3 Å². The van der Waals surface area contributed by atoms with Gasteiger partial charge in [-0.1, -0.05) is 23.7 Å². The number of thiophene rings is 1. The van der Waals surface area contributed by atoms with E-state index in [2.05, 4.69) is 21.3 Å². The third-order valence-electron chi connectivity index (χ3n) is 5.99. The molecule has 2 aromatic carbocycles. The van der Waals surface area contributed by atoms with Gasteiger partial charge in [0.25, 0.3) is 5.56 Å². The summed E-state index contributed by atoms with van der Waals surface area (Å²) >= 11 is 7.41. The Labute approximate surface area is 200 Å². The number of halogens is 1. The lowest BCUT2D eigenvalue weighted by molar-refractivity contribution is -0.116. The summed E-state index contributed by atoms with van der Waals surface area (Å²) in [5, 5.41) is 6.01. The van der Waals surface area contributed by atoms with Crippen LogP contribution in [0.1, 0.15) is 18.4 Å². The minimum atomic E-state index is -0.265. The molecule has 1 fully saturated rings. The number of rotatable bonds is 5. The number of carbonyl (C=O) groups is 1. The maximum absolute atomic E-state index is 13.2. The zero-order valence-corrected chi connectivity index (χ0v) is 19.7. The minimum absolute atomic E-state index is 0.106. The third-order valence-corrected chi connectivity index (χ3v) is 7.12. The summed E-state index contributed by atoms with van der Waals surface area (Å²) in [7, 11) is 0. The molecule has 0 radical (unpaired) electrons. The lowest BCUT2D eigenvalue weighted by Crippen LogP contribution is -2.28. The Morgan fingerprint density at radius 3 is 2.64 bits per heavy atom. The molecule has 2 aromatic heterocycles. The number of carbonyl (C=O) groups excluding carboxylic acids is 1. The molecular formula is C25H23ClN4O2S. The number of aromatic nitrogens is 2. The van der Waals surface area contributed by atoms with Gasteiger partial charge in [0.2, 0.25) is 5.91 Å². The van der Waals surface area contributed by atoms with Crippen LogP contribution >= 0.6 is 22.9 Å². The van der Waals surface area contributed by atoms with E-state index in [0.29, 0.717) is 15.2 Å². The number of hydrogen-bond acceptors (Lipinski definition) is 5. The fourth-order valence-corrected chi connectivity index (χ4v) is 5.26. The number of aryl methyl sites for hydroxylation is 1. The highest BCUT2D eigenvalue weighted by Crippen LogP contribution is 2.31. The summed E-state index contributed by atoms with van der Waals surface area (Å²) < 4.78 is 1.36. The van der Waals surface area contributed by atoms with E-state index in [4.69, 9.17) is 11.6 Å². The lowest BCUT2D eigenvalue weighted by Gasteiger charge is -2.19. The van der Waals surface area contributed by atoms with Crippen molar-refractivity contribution in [1.82, 2.24) is 9.55 Å². The van der Waals surface area contributed by atoms with Crippen LogP contribution in [0, 0.1) is 6.92 Å². The molecule has 1 aliphatic heterocycles. The Morgan fingerprint density at radius 2 is 1.91 bits per heavy atom. The first-order chi connectivity index (χ1) is 16.0. The Kier molecular flexibility index (Phi) is 5.91. The van der Waals surface area contributed by atoms with Crippen LogP contribution < -0.4 is 15.8 Å². The van der Waals surface area contributed by atoms with Crippen LogP contribution in [0.15, 0.2) is 59.0 Å². The van der Waals surface area contributed by atoms with E-state index in [1.54, 1.807) is 12.1 Å². The van der Waals surface area contributed by atoms with Crippen LogP contribution in [0.25, 0.3) is 21.3 Å². The van der Waals surface area contributed by atoms with Crippen LogP contribution in [0.2, 0.25) is 5.02 Å². The third kappa shape index (κ3) is 4.38. The summed E-state index contributed by atoms with van der Waals surface area (Å²) in [6.07, 6.45) is 3.87. The molecule has 5 rings (SSSR count). The van der Waals surface area contributed by atoms with Crippen molar-refractivity contribution in [3.05, 3.63) is 75.1 Å².